The molecule has 0 amide bonds. The van der Waals surface area contributed by atoms with Crippen LogP contribution in [0.2, 0.25) is 0 Å². The van der Waals surface area contributed by atoms with Crippen LogP contribution in [0.1, 0.15) is 59.7 Å². The number of ketones is 2. The minimum Gasteiger partial charge on any atom is -0.293 e. The number of carbonyl (C=O) groups excluding carboxylic acids is 2. The molecule has 0 spiro atoms. The van der Waals surface area contributed by atoms with E-state index in [1.807, 2.05) is 60.7 Å². The number of hydrogen-bond donors (Lipinski definition) is 0. The largest absolute Gasteiger partial charge is 0.293 e. The van der Waals surface area contributed by atoms with Gasteiger partial charge in [0.1, 0.15) is 0 Å². The Balaban J connectivity index is 2.11. The summed E-state index contributed by atoms with van der Waals surface area (Å²) in [5.74, 6) is 0.124. The average molecular weight is 320 g/mol. The van der Waals surface area contributed by atoms with Crippen molar-refractivity contribution in [3.05, 3.63) is 71.8 Å². The predicted molar refractivity (Wildman–Crippen MR) is 96.2 cm³/mol. The maximum atomic E-state index is 13.5. The molecule has 124 valence electrons. The molecule has 1 atom stereocenters. The van der Waals surface area contributed by atoms with E-state index in [-0.39, 0.29) is 17.5 Å². The summed E-state index contributed by atoms with van der Waals surface area (Å²) in [4.78, 5) is 27.0. The van der Waals surface area contributed by atoms with E-state index in [1.54, 1.807) is 0 Å². The van der Waals surface area contributed by atoms with Gasteiger partial charge in [0.05, 0.1) is 5.41 Å². The molecule has 0 aromatic heterocycles. The average Bonchev–Trinajstić information content (AvgIpc) is 2.68. The van der Waals surface area contributed by atoms with E-state index >= 15 is 0 Å². The van der Waals surface area contributed by atoms with Gasteiger partial charge in [0.15, 0.2) is 11.6 Å². The molecule has 1 aliphatic rings. The van der Waals surface area contributed by atoms with Crippen molar-refractivity contribution in [1.82, 2.24) is 0 Å². The third-order valence-corrected chi connectivity index (χ3v) is 5.45. The van der Waals surface area contributed by atoms with Crippen LogP contribution in [0.3, 0.4) is 0 Å². The number of hydrogen-bond acceptors (Lipinski definition) is 2. The van der Waals surface area contributed by atoms with Crippen LogP contribution in [-0.2, 0) is 0 Å². The van der Waals surface area contributed by atoms with Gasteiger partial charge in [-0.3, -0.25) is 9.59 Å². The quantitative estimate of drug-likeness (QED) is 0.550. The summed E-state index contributed by atoms with van der Waals surface area (Å²) in [6.07, 6.45) is 4.51. The summed E-state index contributed by atoms with van der Waals surface area (Å²) in [5, 5.41) is 0. The van der Waals surface area contributed by atoms with Crippen LogP contribution in [0.15, 0.2) is 60.7 Å². The molecule has 0 bridgehead atoms. The molecule has 24 heavy (non-hydrogen) atoms. The summed E-state index contributed by atoms with van der Waals surface area (Å²) in [6, 6.07) is 18.6. The Bertz CT molecular complexity index is 652. The fourth-order valence-corrected chi connectivity index (χ4v) is 4.19. The molecule has 3 rings (SSSR count). The second-order valence-electron chi connectivity index (χ2n) is 6.71. The minimum absolute atomic E-state index is 0.00324. The van der Waals surface area contributed by atoms with Gasteiger partial charge in [-0.25, -0.2) is 0 Å². The second kappa shape index (κ2) is 7.12. The predicted octanol–water partition coefficient (Wildman–Crippen LogP) is 5.34. The third-order valence-electron chi connectivity index (χ3n) is 5.45. The fourth-order valence-electron chi connectivity index (χ4n) is 4.19. The van der Waals surface area contributed by atoms with Gasteiger partial charge in [-0.15, -0.1) is 0 Å². The SMILES string of the molecule is CCC1CCCCC1(C(=O)c1ccccc1)C(=O)c1ccccc1. The molecule has 1 aliphatic carbocycles. The summed E-state index contributed by atoms with van der Waals surface area (Å²) < 4.78 is 0. The lowest BCUT2D eigenvalue weighted by Crippen LogP contribution is -2.47. The Morgan fingerprint density at radius 1 is 0.875 bits per heavy atom. The van der Waals surface area contributed by atoms with Crippen LogP contribution < -0.4 is 0 Å². The standard InChI is InChI=1S/C22H24O2/c1-2-19-15-9-10-16-22(19,20(23)17-11-5-3-6-12-17)21(24)18-13-7-4-8-14-18/h3-8,11-14,19H,2,9-10,15-16H2,1H3. The molecule has 1 fully saturated rings. The Hall–Kier alpha value is -2.22. The van der Waals surface area contributed by atoms with E-state index in [9.17, 15) is 9.59 Å². The Labute approximate surface area is 143 Å². The topological polar surface area (TPSA) is 34.1 Å². The molecule has 2 aromatic rings. The van der Waals surface area contributed by atoms with Crippen molar-refractivity contribution in [3.8, 4) is 0 Å². The molecule has 0 heterocycles. The summed E-state index contributed by atoms with van der Waals surface area (Å²) in [5.41, 5.74) is 0.402. The van der Waals surface area contributed by atoms with Gasteiger partial charge < -0.3 is 0 Å². The molecule has 0 saturated heterocycles. The zero-order valence-electron chi connectivity index (χ0n) is 14.2. The fraction of sp³-hybridized carbons (Fsp3) is 0.364. The Morgan fingerprint density at radius 2 is 1.38 bits per heavy atom. The molecule has 2 aromatic carbocycles. The van der Waals surface area contributed by atoms with Crippen LogP contribution in [-0.4, -0.2) is 11.6 Å². The Morgan fingerprint density at radius 3 is 1.83 bits per heavy atom. The highest BCUT2D eigenvalue weighted by molar-refractivity contribution is 6.20. The maximum Gasteiger partial charge on any atom is 0.177 e. The molecule has 0 aliphatic heterocycles. The van der Waals surface area contributed by atoms with E-state index in [1.165, 1.54) is 0 Å². The highest BCUT2D eigenvalue weighted by atomic mass is 16.2. The van der Waals surface area contributed by atoms with Crippen LogP contribution in [0, 0.1) is 11.3 Å². The zero-order chi connectivity index (χ0) is 17.0. The Kier molecular flexibility index (Phi) is 4.94. The molecule has 2 heteroatoms. The molecule has 1 saturated carbocycles. The third kappa shape index (κ3) is 2.82. The number of carbonyl (C=O) groups is 2. The summed E-state index contributed by atoms with van der Waals surface area (Å²) in [6.45, 7) is 2.10. The van der Waals surface area contributed by atoms with Crippen molar-refractivity contribution in [2.45, 2.75) is 39.0 Å². The highest BCUT2D eigenvalue weighted by Crippen LogP contribution is 2.47. The van der Waals surface area contributed by atoms with Gasteiger partial charge in [-0.2, -0.15) is 0 Å². The lowest BCUT2D eigenvalue weighted by atomic mass is 9.58. The van der Waals surface area contributed by atoms with Gasteiger partial charge in [0.25, 0.3) is 0 Å². The molecule has 0 N–H and O–H groups in total. The van der Waals surface area contributed by atoms with E-state index in [4.69, 9.17) is 0 Å². The molecular weight excluding hydrogens is 296 g/mol. The second-order valence-corrected chi connectivity index (χ2v) is 6.71. The number of rotatable bonds is 5. The number of Topliss-reactive ketones (excluding diaryl/α,β-unsaturated/α-hetero) is 2. The monoisotopic (exact) mass is 320 g/mol. The van der Waals surface area contributed by atoms with E-state index in [0.29, 0.717) is 17.5 Å². The van der Waals surface area contributed by atoms with Crippen LogP contribution in [0.25, 0.3) is 0 Å². The molecule has 2 nitrogen and oxygen atoms in total. The van der Waals surface area contributed by atoms with Crippen molar-refractivity contribution < 1.29 is 9.59 Å². The normalized spacial score (nSPS) is 19.6. The van der Waals surface area contributed by atoms with Crippen molar-refractivity contribution in [2.24, 2.45) is 11.3 Å². The van der Waals surface area contributed by atoms with Crippen LogP contribution in [0.5, 0.6) is 0 Å². The lowest BCUT2D eigenvalue weighted by molar-refractivity contribution is 0.0435. The highest BCUT2D eigenvalue weighted by Gasteiger charge is 2.51. The maximum absolute atomic E-state index is 13.5. The smallest absolute Gasteiger partial charge is 0.177 e. The van der Waals surface area contributed by atoms with Crippen molar-refractivity contribution >= 4 is 11.6 Å². The van der Waals surface area contributed by atoms with Crippen molar-refractivity contribution in [1.29, 1.82) is 0 Å². The minimum atomic E-state index is -0.907. The van der Waals surface area contributed by atoms with E-state index < -0.39 is 5.41 Å². The number of benzene rings is 2. The first-order valence-electron chi connectivity index (χ1n) is 8.90. The zero-order valence-corrected chi connectivity index (χ0v) is 14.2. The van der Waals surface area contributed by atoms with Gasteiger partial charge >= 0.3 is 0 Å². The molecule has 0 radical (unpaired) electrons. The first kappa shape index (κ1) is 16.6. The molecular formula is C22H24O2. The van der Waals surface area contributed by atoms with Gasteiger partial charge in [0.2, 0.25) is 0 Å². The van der Waals surface area contributed by atoms with Crippen molar-refractivity contribution in [3.63, 3.8) is 0 Å². The van der Waals surface area contributed by atoms with E-state index in [2.05, 4.69) is 6.92 Å². The summed E-state index contributed by atoms with van der Waals surface area (Å²) in [7, 11) is 0. The van der Waals surface area contributed by atoms with Gasteiger partial charge in [-0.1, -0.05) is 86.8 Å². The van der Waals surface area contributed by atoms with Crippen LogP contribution >= 0.6 is 0 Å². The van der Waals surface area contributed by atoms with Crippen LogP contribution in [0.4, 0.5) is 0 Å². The first-order valence-corrected chi connectivity index (χ1v) is 8.90. The van der Waals surface area contributed by atoms with Gasteiger partial charge in [0, 0.05) is 11.1 Å². The van der Waals surface area contributed by atoms with E-state index in [0.717, 1.165) is 25.7 Å². The summed E-state index contributed by atoms with van der Waals surface area (Å²) >= 11 is 0. The first-order chi connectivity index (χ1) is 11.7. The lowest BCUT2D eigenvalue weighted by Gasteiger charge is -2.41. The molecule has 1 unspecified atom stereocenters. The van der Waals surface area contributed by atoms with Crippen molar-refractivity contribution in [2.75, 3.05) is 0 Å². The van der Waals surface area contributed by atoms with Gasteiger partial charge in [-0.05, 0) is 18.8 Å².